The van der Waals surface area contributed by atoms with E-state index >= 15 is 0 Å². The maximum Gasteiger partial charge on any atom is 0.123 e. The highest BCUT2D eigenvalue weighted by molar-refractivity contribution is 5.41. The van der Waals surface area contributed by atoms with Crippen LogP contribution in [0.2, 0.25) is 0 Å². The smallest absolute Gasteiger partial charge is 0.123 e. The second-order valence-corrected chi connectivity index (χ2v) is 2.79. The molecule has 1 rings (SSSR count). The maximum absolute atomic E-state index is 12.8. The van der Waals surface area contributed by atoms with Crippen molar-refractivity contribution in [2.45, 2.75) is 6.61 Å². The molecule has 0 bridgehead atoms. The van der Waals surface area contributed by atoms with Crippen molar-refractivity contribution in [2.24, 2.45) is 0 Å². The standard InChI is InChI=1S/C11H12FNO/c1-13-6-2-3-9-4-5-11(12)7-10(9)8-14/h4-5,7,13-14H,6,8H2,1H3. The van der Waals surface area contributed by atoms with Crippen LogP contribution in [0.4, 0.5) is 4.39 Å². The molecule has 1 aromatic rings. The second-order valence-electron chi connectivity index (χ2n) is 2.79. The van der Waals surface area contributed by atoms with E-state index in [4.69, 9.17) is 5.11 Å². The fraction of sp³-hybridized carbons (Fsp3) is 0.273. The molecule has 0 fully saturated rings. The molecule has 2 N–H and O–H groups in total. The van der Waals surface area contributed by atoms with Gasteiger partial charge >= 0.3 is 0 Å². The topological polar surface area (TPSA) is 32.3 Å². The Hall–Kier alpha value is -1.37. The molecule has 0 aliphatic carbocycles. The average molecular weight is 193 g/mol. The van der Waals surface area contributed by atoms with Gasteiger partial charge in [0.1, 0.15) is 5.82 Å². The molecule has 0 saturated heterocycles. The minimum absolute atomic E-state index is 0.193. The Morgan fingerprint density at radius 3 is 2.93 bits per heavy atom. The zero-order valence-corrected chi connectivity index (χ0v) is 7.97. The first-order chi connectivity index (χ1) is 6.77. The largest absolute Gasteiger partial charge is 0.392 e. The van der Waals surface area contributed by atoms with Gasteiger partial charge in [-0.25, -0.2) is 4.39 Å². The fourth-order valence-electron chi connectivity index (χ4n) is 1.04. The van der Waals surface area contributed by atoms with E-state index in [2.05, 4.69) is 17.2 Å². The molecule has 0 aromatic heterocycles. The molecule has 14 heavy (non-hydrogen) atoms. The van der Waals surface area contributed by atoms with Crippen molar-refractivity contribution in [2.75, 3.05) is 13.6 Å². The molecule has 74 valence electrons. The number of halogens is 1. The Labute approximate surface area is 82.8 Å². The minimum Gasteiger partial charge on any atom is -0.392 e. The second kappa shape index (κ2) is 5.38. The van der Waals surface area contributed by atoms with E-state index in [-0.39, 0.29) is 12.4 Å². The van der Waals surface area contributed by atoms with Crippen molar-refractivity contribution >= 4 is 0 Å². The van der Waals surface area contributed by atoms with Gasteiger partial charge in [-0.15, -0.1) is 0 Å². The van der Waals surface area contributed by atoms with Crippen LogP contribution in [-0.2, 0) is 6.61 Å². The summed E-state index contributed by atoms with van der Waals surface area (Å²) in [7, 11) is 1.80. The van der Waals surface area contributed by atoms with Crippen LogP contribution in [0.3, 0.4) is 0 Å². The van der Waals surface area contributed by atoms with Gasteiger partial charge < -0.3 is 10.4 Å². The lowest BCUT2D eigenvalue weighted by atomic mass is 10.1. The Kier molecular flexibility index (Phi) is 4.11. The molecular weight excluding hydrogens is 181 g/mol. The first-order valence-corrected chi connectivity index (χ1v) is 4.30. The van der Waals surface area contributed by atoms with Crippen LogP contribution < -0.4 is 5.32 Å². The summed E-state index contributed by atoms with van der Waals surface area (Å²) < 4.78 is 12.8. The Bertz CT molecular complexity index is 365. The quantitative estimate of drug-likeness (QED) is 0.684. The van der Waals surface area contributed by atoms with Crippen LogP contribution in [0.15, 0.2) is 18.2 Å². The van der Waals surface area contributed by atoms with Crippen molar-refractivity contribution in [1.29, 1.82) is 0 Å². The molecular formula is C11H12FNO. The molecule has 2 nitrogen and oxygen atoms in total. The monoisotopic (exact) mass is 193 g/mol. The number of nitrogens with one attached hydrogen (secondary N) is 1. The third-order valence-corrected chi connectivity index (χ3v) is 1.73. The van der Waals surface area contributed by atoms with Gasteiger partial charge in [-0.1, -0.05) is 11.8 Å². The number of hydrogen-bond acceptors (Lipinski definition) is 2. The zero-order valence-electron chi connectivity index (χ0n) is 7.97. The molecule has 0 aliphatic rings. The number of benzene rings is 1. The van der Waals surface area contributed by atoms with Crippen LogP contribution in [-0.4, -0.2) is 18.7 Å². The Balaban J connectivity index is 2.92. The molecule has 0 amide bonds. The van der Waals surface area contributed by atoms with Gasteiger partial charge in [0.25, 0.3) is 0 Å². The summed E-state index contributed by atoms with van der Waals surface area (Å²) in [4.78, 5) is 0. The lowest BCUT2D eigenvalue weighted by Crippen LogP contribution is -2.04. The number of hydrogen-bond donors (Lipinski definition) is 2. The average Bonchev–Trinajstić information content (AvgIpc) is 2.20. The highest BCUT2D eigenvalue weighted by Gasteiger charge is 1.99. The molecule has 1 aromatic carbocycles. The van der Waals surface area contributed by atoms with E-state index < -0.39 is 0 Å². The van der Waals surface area contributed by atoms with Gasteiger partial charge in [0.15, 0.2) is 0 Å². The molecule has 0 atom stereocenters. The van der Waals surface area contributed by atoms with E-state index in [0.29, 0.717) is 17.7 Å². The molecule has 0 heterocycles. The van der Waals surface area contributed by atoms with Crippen LogP contribution in [0.5, 0.6) is 0 Å². The summed E-state index contributed by atoms with van der Waals surface area (Å²) in [6.45, 7) is 0.379. The molecule has 3 heteroatoms. The van der Waals surface area contributed by atoms with Crippen molar-refractivity contribution < 1.29 is 9.50 Å². The highest BCUT2D eigenvalue weighted by Crippen LogP contribution is 2.09. The van der Waals surface area contributed by atoms with Crippen LogP contribution in [0, 0.1) is 17.7 Å². The van der Waals surface area contributed by atoms with E-state index in [1.165, 1.54) is 12.1 Å². The molecule has 0 radical (unpaired) electrons. The van der Waals surface area contributed by atoms with E-state index in [0.717, 1.165) is 0 Å². The van der Waals surface area contributed by atoms with Gasteiger partial charge in [0, 0.05) is 5.56 Å². The van der Waals surface area contributed by atoms with Gasteiger partial charge in [-0.05, 0) is 30.8 Å². The van der Waals surface area contributed by atoms with Crippen molar-refractivity contribution in [3.63, 3.8) is 0 Å². The Morgan fingerprint density at radius 1 is 1.50 bits per heavy atom. The van der Waals surface area contributed by atoms with Crippen molar-refractivity contribution in [3.8, 4) is 11.8 Å². The summed E-state index contributed by atoms with van der Waals surface area (Å²) in [5, 5.41) is 11.8. The molecule has 0 unspecified atom stereocenters. The highest BCUT2D eigenvalue weighted by atomic mass is 19.1. The Morgan fingerprint density at radius 2 is 2.29 bits per heavy atom. The third kappa shape index (κ3) is 2.84. The third-order valence-electron chi connectivity index (χ3n) is 1.73. The van der Waals surface area contributed by atoms with E-state index in [1.807, 2.05) is 0 Å². The SMILES string of the molecule is CNCC#Cc1ccc(F)cc1CO. The van der Waals surface area contributed by atoms with Crippen LogP contribution in [0.25, 0.3) is 0 Å². The molecule has 0 spiro atoms. The van der Waals surface area contributed by atoms with E-state index in [1.54, 1.807) is 13.1 Å². The number of aliphatic hydroxyl groups excluding tert-OH is 1. The normalized spacial score (nSPS) is 9.36. The summed E-state index contributed by atoms with van der Waals surface area (Å²) in [5.41, 5.74) is 1.19. The summed E-state index contributed by atoms with van der Waals surface area (Å²) in [5.74, 6) is 5.35. The summed E-state index contributed by atoms with van der Waals surface area (Å²) in [6, 6.07) is 4.20. The predicted octanol–water partition coefficient (Wildman–Crippen LogP) is 0.889. The lowest BCUT2D eigenvalue weighted by molar-refractivity contribution is 0.281. The molecule has 0 aliphatic heterocycles. The van der Waals surface area contributed by atoms with E-state index in [9.17, 15) is 4.39 Å². The lowest BCUT2D eigenvalue weighted by Gasteiger charge is -1.99. The van der Waals surface area contributed by atoms with Crippen LogP contribution in [0.1, 0.15) is 11.1 Å². The maximum atomic E-state index is 12.8. The van der Waals surface area contributed by atoms with Gasteiger partial charge in [-0.3, -0.25) is 0 Å². The fourth-order valence-corrected chi connectivity index (χ4v) is 1.04. The minimum atomic E-state index is -0.354. The summed E-state index contributed by atoms with van der Waals surface area (Å²) >= 11 is 0. The molecule has 0 saturated carbocycles. The first-order valence-electron chi connectivity index (χ1n) is 4.30. The van der Waals surface area contributed by atoms with Gasteiger partial charge in [0.2, 0.25) is 0 Å². The predicted molar refractivity (Wildman–Crippen MR) is 53.1 cm³/mol. The number of aliphatic hydroxyl groups is 1. The first kappa shape index (κ1) is 10.7. The van der Waals surface area contributed by atoms with Gasteiger partial charge in [-0.2, -0.15) is 0 Å². The number of rotatable bonds is 2. The van der Waals surface area contributed by atoms with Gasteiger partial charge in [0.05, 0.1) is 13.2 Å². The van der Waals surface area contributed by atoms with Crippen LogP contribution >= 0.6 is 0 Å². The van der Waals surface area contributed by atoms with Crippen molar-refractivity contribution in [3.05, 3.63) is 35.1 Å². The van der Waals surface area contributed by atoms with Crippen molar-refractivity contribution in [1.82, 2.24) is 5.32 Å². The zero-order chi connectivity index (χ0) is 10.4. The summed E-state index contributed by atoms with van der Waals surface area (Å²) in [6.07, 6.45) is 0.